The second-order valence-electron chi connectivity index (χ2n) is 3.98. The number of halogens is 1. The van der Waals surface area contributed by atoms with Gasteiger partial charge in [0.1, 0.15) is 5.01 Å². The maximum absolute atomic E-state index is 8.82. The number of hydrogen-bond donors (Lipinski definition) is 1. The summed E-state index contributed by atoms with van der Waals surface area (Å²) >= 11 is 5.15. The predicted molar refractivity (Wildman–Crippen MR) is 77.7 cm³/mol. The van der Waals surface area contributed by atoms with E-state index in [9.17, 15) is 0 Å². The summed E-state index contributed by atoms with van der Waals surface area (Å²) in [5, 5.41) is 13.3. The van der Waals surface area contributed by atoms with E-state index in [1.54, 1.807) is 17.4 Å². The molecule has 0 aliphatic rings. The van der Waals surface area contributed by atoms with E-state index in [2.05, 4.69) is 39.2 Å². The summed E-state index contributed by atoms with van der Waals surface area (Å²) in [5.74, 6) is 0. The van der Waals surface area contributed by atoms with E-state index in [-0.39, 0.29) is 6.04 Å². The topological polar surface area (TPSA) is 48.7 Å². The molecular weight excluding hydrogens is 310 g/mol. The van der Waals surface area contributed by atoms with Crippen LogP contribution in [0.3, 0.4) is 0 Å². The van der Waals surface area contributed by atoms with Crippen LogP contribution >= 0.6 is 27.3 Å². The van der Waals surface area contributed by atoms with E-state index in [1.807, 2.05) is 25.3 Å². The van der Waals surface area contributed by atoms with E-state index in [1.165, 1.54) is 4.88 Å². The van der Waals surface area contributed by atoms with Crippen LogP contribution in [0.5, 0.6) is 0 Å². The number of anilines is 1. The number of nitrogens with zero attached hydrogens (tertiary/aromatic N) is 2. The molecule has 0 saturated carbocycles. The fourth-order valence-electron chi connectivity index (χ4n) is 1.57. The molecule has 0 aliphatic carbocycles. The molecule has 1 heterocycles. The number of aromatic nitrogens is 1. The lowest BCUT2D eigenvalue weighted by molar-refractivity contribution is 0.868. The van der Waals surface area contributed by atoms with Gasteiger partial charge in [0.25, 0.3) is 0 Å². The first-order chi connectivity index (χ1) is 8.60. The molecule has 0 radical (unpaired) electrons. The molecule has 0 fully saturated rings. The van der Waals surface area contributed by atoms with E-state index in [0.29, 0.717) is 5.56 Å². The normalized spacial score (nSPS) is 11.9. The highest BCUT2D eigenvalue weighted by Gasteiger charge is 2.11. The monoisotopic (exact) mass is 321 g/mol. The lowest BCUT2D eigenvalue weighted by atomic mass is 10.2. The lowest BCUT2D eigenvalue weighted by Gasteiger charge is -2.14. The molecule has 1 unspecified atom stereocenters. The van der Waals surface area contributed by atoms with E-state index < -0.39 is 0 Å². The number of thiazole rings is 1. The Hall–Kier alpha value is -1.38. The first-order valence-electron chi connectivity index (χ1n) is 5.48. The van der Waals surface area contributed by atoms with Gasteiger partial charge in [-0.05, 0) is 48.0 Å². The van der Waals surface area contributed by atoms with Gasteiger partial charge >= 0.3 is 0 Å². The van der Waals surface area contributed by atoms with Crippen LogP contribution in [0, 0.1) is 18.3 Å². The minimum Gasteiger partial charge on any atom is -0.375 e. The van der Waals surface area contributed by atoms with Gasteiger partial charge in [0.2, 0.25) is 0 Å². The highest BCUT2D eigenvalue weighted by molar-refractivity contribution is 9.10. The maximum Gasteiger partial charge on any atom is 0.115 e. The molecule has 0 amide bonds. The second-order valence-corrected chi connectivity index (χ2v) is 6.10. The highest BCUT2D eigenvalue weighted by atomic mass is 79.9. The van der Waals surface area contributed by atoms with Crippen molar-refractivity contribution in [2.45, 2.75) is 19.9 Å². The van der Waals surface area contributed by atoms with Gasteiger partial charge in [0.15, 0.2) is 0 Å². The Labute approximate surface area is 119 Å². The molecule has 1 aromatic carbocycles. The third-order valence-corrected chi connectivity index (χ3v) is 4.23. The molecule has 3 nitrogen and oxygen atoms in total. The molecule has 0 saturated heterocycles. The van der Waals surface area contributed by atoms with Gasteiger partial charge in [-0.25, -0.2) is 4.98 Å². The highest BCUT2D eigenvalue weighted by Crippen LogP contribution is 2.28. The molecule has 18 heavy (non-hydrogen) atoms. The number of benzene rings is 1. The van der Waals surface area contributed by atoms with Crippen LogP contribution in [0.15, 0.2) is 28.9 Å². The lowest BCUT2D eigenvalue weighted by Crippen LogP contribution is -2.06. The quantitative estimate of drug-likeness (QED) is 0.918. The van der Waals surface area contributed by atoms with Crippen molar-refractivity contribution in [3.05, 3.63) is 44.3 Å². The number of hydrogen-bond acceptors (Lipinski definition) is 4. The molecule has 5 heteroatoms. The summed E-state index contributed by atoms with van der Waals surface area (Å²) < 4.78 is 0.890. The minimum atomic E-state index is 0.146. The van der Waals surface area contributed by atoms with Gasteiger partial charge in [0.05, 0.1) is 17.7 Å². The fourth-order valence-corrected chi connectivity index (χ4v) is 2.84. The molecule has 0 spiro atoms. The molecule has 1 N–H and O–H groups in total. The zero-order valence-electron chi connectivity index (χ0n) is 10.1. The van der Waals surface area contributed by atoms with Crippen molar-refractivity contribution in [2.24, 2.45) is 0 Å². The average molecular weight is 322 g/mol. The summed E-state index contributed by atoms with van der Waals surface area (Å²) in [5.41, 5.74) is 1.61. The third-order valence-electron chi connectivity index (χ3n) is 2.48. The Balaban J connectivity index is 2.17. The van der Waals surface area contributed by atoms with Gasteiger partial charge < -0.3 is 5.32 Å². The van der Waals surface area contributed by atoms with Crippen LogP contribution in [0.4, 0.5) is 5.69 Å². The SMILES string of the molecule is Cc1cnc(C(C)Nc2ccc(C#N)cc2Br)s1. The van der Waals surface area contributed by atoms with E-state index in [0.717, 1.165) is 15.2 Å². The first-order valence-corrected chi connectivity index (χ1v) is 7.09. The Morgan fingerprint density at radius 1 is 1.50 bits per heavy atom. The standard InChI is InChI=1S/C13H12BrN3S/c1-8-7-16-13(18-8)9(2)17-12-4-3-10(6-15)5-11(12)14/h3-5,7,9,17H,1-2H3. The number of nitriles is 1. The summed E-state index contributed by atoms with van der Waals surface area (Å²) in [6.07, 6.45) is 1.88. The van der Waals surface area contributed by atoms with Crippen LogP contribution in [0.1, 0.15) is 28.4 Å². The van der Waals surface area contributed by atoms with Crippen molar-refractivity contribution in [3.63, 3.8) is 0 Å². The second kappa shape index (κ2) is 5.51. The molecule has 0 bridgehead atoms. The van der Waals surface area contributed by atoms with Crippen molar-refractivity contribution >= 4 is 33.0 Å². The molecule has 2 rings (SSSR count). The van der Waals surface area contributed by atoms with Crippen molar-refractivity contribution in [1.82, 2.24) is 4.98 Å². The van der Waals surface area contributed by atoms with E-state index >= 15 is 0 Å². The third kappa shape index (κ3) is 2.89. The average Bonchev–Trinajstić information content (AvgIpc) is 2.78. The zero-order valence-corrected chi connectivity index (χ0v) is 12.5. The van der Waals surface area contributed by atoms with Crippen LogP contribution in [-0.4, -0.2) is 4.98 Å². The zero-order chi connectivity index (χ0) is 13.1. The van der Waals surface area contributed by atoms with Crippen molar-refractivity contribution < 1.29 is 0 Å². The summed E-state index contributed by atoms with van der Waals surface area (Å²) in [6.45, 7) is 4.12. The molecule has 0 aliphatic heterocycles. The first kappa shape index (κ1) is 13.1. The van der Waals surface area contributed by atoms with Crippen LogP contribution < -0.4 is 5.32 Å². The molecule has 1 atom stereocenters. The van der Waals surface area contributed by atoms with Crippen molar-refractivity contribution in [3.8, 4) is 6.07 Å². The summed E-state index contributed by atoms with van der Waals surface area (Å²) in [4.78, 5) is 5.57. The van der Waals surface area contributed by atoms with Crippen molar-refractivity contribution in [2.75, 3.05) is 5.32 Å². The largest absolute Gasteiger partial charge is 0.375 e. The smallest absolute Gasteiger partial charge is 0.115 e. The van der Waals surface area contributed by atoms with Gasteiger partial charge in [0, 0.05) is 21.2 Å². The number of rotatable bonds is 3. The molecule has 2 aromatic rings. The Bertz CT molecular complexity index is 601. The predicted octanol–water partition coefficient (Wildman–Crippen LogP) is 4.26. The maximum atomic E-state index is 8.82. The summed E-state index contributed by atoms with van der Waals surface area (Å²) in [6, 6.07) is 7.77. The van der Waals surface area contributed by atoms with Crippen LogP contribution in [-0.2, 0) is 0 Å². The van der Waals surface area contributed by atoms with Gasteiger partial charge in [-0.3, -0.25) is 0 Å². The van der Waals surface area contributed by atoms with Crippen LogP contribution in [0.25, 0.3) is 0 Å². The van der Waals surface area contributed by atoms with Gasteiger partial charge in [-0.1, -0.05) is 0 Å². The summed E-state index contributed by atoms with van der Waals surface area (Å²) in [7, 11) is 0. The molecule has 1 aromatic heterocycles. The minimum absolute atomic E-state index is 0.146. The number of aryl methyl sites for hydroxylation is 1. The number of nitrogens with one attached hydrogen (secondary N) is 1. The van der Waals surface area contributed by atoms with Gasteiger partial charge in [-0.2, -0.15) is 5.26 Å². The molecular formula is C13H12BrN3S. The Kier molecular flexibility index (Phi) is 4.00. The fraction of sp³-hybridized carbons (Fsp3) is 0.231. The Morgan fingerprint density at radius 2 is 2.28 bits per heavy atom. The Morgan fingerprint density at radius 3 is 2.83 bits per heavy atom. The molecule has 92 valence electrons. The van der Waals surface area contributed by atoms with Crippen molar-refractivity contribution in [1.29, 1.82) is 5.26 Å². The van der Waals surface area contributed by atoms with Crippen LogP contribution in [0.2, 0.25) is 0 Å². The van der Waals surface area contributed by atoms with E-state index in [4.69, 9.17) is 5.26 Å². The van der Waals surface area contributed by atoms with Gasteiger partial charge in [-0.15, -0.1) is 11.3 Å².